The Morgan fingerprint density at radius 1 is 1.40 bits per heavy atom. The predicted molar refractivity (Wildman–Crippen MR) is 80.9 cm³/mol. The molecule has 0 bridgehead atoms. The lowest BCUT2D eigenvalue weighted by atomic mass is 10.2. The summed E-state index contributed by atoms with van der Waals surface area (Å²) in [5.74, 6) is 0. The molecule has 0 unspecified atom stereocenters. The number of rotatable bonds is 5. The van der Waals surface area contributed by atoms with Gasteiger partial charge in [0.05, 0.1) is 16.3 Å². The predicted octanol–water partition coefficient (Wildman–Crippen LogP) is 2.15. The lowest BCUT2D eigenvalue weighted by Crippen LogP contribution is -2.38. The number of halogens is 1. The van der Waals surface area contributed by atoms with Gasteiger partial charge in [0.1, 0.15) is 5.15 Å². The summed E-state index contributed by atoms with van der Waals surface area (Å²) in [7, 11) is 0. The van der Waals surface area contributed by atoms with Crippen LogP contribution < -0.4 is 11.2 Å². The van der Waals surface area contributed by atoms with E-state index in [1.165, 1.54) is 4.57 Å². The topological polar surface area (TPSA) is 67.8 Å². The summed E-state index contributed by atoms with van der Waals surface area (Å²) < 4.78 is 1.20. The van der Waals surface area contributed by atoms with Gasteiger partial charge in [-0.05, 0) is 13.3 Å². The summed E-state index contributed by atoms with van der Waals surface area (Å²) in [6, 6.07) is 0. The van der Waals surface area contributed by atoms with Crippen LogP contribution in [0.3, 0.4) is 0 Å². The highest BCUT2D eigenvalue weighted by molar-refractivity contribution is 7.09. The summed E-state index contributed by atoms with van der Waals surface area (Å²) in [5, 5.41) is 3.07. The first kappa shape index (κ1) is 15.0. The van der Waals surface area contributed by atoms with Crippen molar-refractivity contribution in [3.8, 4) is 0 Å². The molecule has 0 spiro atoms. The van der Waals surface area contributed by atoms with Crippen LogP contribution in [0.1, 0.15) is 29.6 Å². The Morgan fingerprint density at radius 2 is 2.15 bits per heavy atom. The molecule has 2 heterocycles. The van der Waals surface area contributed by atoms with Gasteiger partial charge in [0.25, 0.3) is 5.56 Å². The zero-order valence-electron chi connectivity index (χ0n) is 11.4. The average Bonchev–Trinajstić information content (AvgIpc) is 2.80. The molecule has 0 aliphatic rings. The second-order valence-corrected chi connectivity index (χ2v) is 5.98. The van der Waals surface area contributed by atoms with E-state index in [2.05, 4.69) is 9.97 Å². The average molecular weight is 314 g/mol. The lowest BCUT2D eigenvalue weighted by molar-refractivity contribution is 0.612. The molecule has 108 valence electrons. The van der Waals surface area contributed by atoms with E-state index in [4.69, 9.17) is 11.6 Å². The highest BCUT2D eigenvalue weighted by atomic mass is 35.5. The van der Waals surface area contributed by atoms with Crippen molar-refractivity contribution in [3.05, 3.63) is 47.6 Å². The van der Waals surface area contributed by atoms with Crippen LogP contribution in [0.15, 0.2) is 15.0 Å². The second-order valence-electron chi connectivity index (χ2n) is 4.54. The molecule has 5 nitrogen and oxygen atoms in total. The van der Waals surface area contributed by atoms with Crippen LogP contribution in [0.5, 0.6) is 0 Å². The minimum absolute atomic E-state index is 0.155. The van der Waals surface area contributed by atoms with Crippen LogP contribution in [0.25, 0.3) is 0 Å². The Morgan fingerprint density at radius 3 is 2.75 bits per heavy atom. The summed E-state index contributed by atoms with van der Waals surface area (Å²) >= 11 is 7.48. The van der Waals surface area contributed by atoms with Gasteiger partial charge in [-0.3, -0.25) is 14.3 Å². The SMILES string of the molecule is CCCc1c(Cl)[nH]c(=O)n(CCc2csc(C)n2)c1=O. The van der Waals surface area contributed by atoms with Gasteiger partial charge >= 0.3 is 5.69 Å². The monoisotopic (exact) mass is 313 g/mol. The van der Waals surface area contributed by atoms with E-state index in [1.54, 1.807) is 11.3 Å². The standard InChI is InChI=1S/C13H16ClN3O2S/c1-3-4-10-11(14)16-13(19)17(12(10)18)6-5-9-7-20-8(2)15-9/h7H,3-6H2,1-2H3,(H,16,19). The third-order valence-corrected chi connectivity index (χ3v) is 4.13. The zero-order valence-corrected chi connectivity index (χ0v) is 13.0. The number of nitrogens with zero attached hydrogens (tertiary/aromatic N) is 2. The molecule has 0 radical (unpaired) electrons. The minimum atomic E-state index is -0.466. The molecule has 0 fully saturated rings. The smallest absolute Gasteiger partial charge is 0.297 e. The Kier molecular flexibility index (Phi) is 4.77. The third kappa shape index (κ3) is 3.19. The Labute approximate surface area is 125 Å². The Hall–Kier alpha value is -1.40. The molecule has 0 saturated carbocycles. The molecule has 2 aromatic heterocycles. The van der Waals surface area contributed by atoms with Gasteiger partial charge in [-0.25, -0.2) is 9.78 Å². The fourth-order valence-electron chi connectivity index (χ4n) is 2.01. The van der Waals surface area contributed by atoms with Crippen molar-refractivity contribution < 1.29 is 0 Å². The number of nitrogens with one attached hydrogen (secondary N) is 1. The molecular weight excluding hydrogens is 298 g/mol. The molecule has 0 atom stereocenters. The molecule has 0 amide bonds. The number of hydrogen-bond donors (Lipinski definition) is 1. The molecule has 2 aromatic rings. The molecule has 0 saturated heterocycles. The molecule has 0 aromatic carbocycles. The highest BCUT2D eigenvalue weighted by Crippen LogP contribution is 2.10. The number of hydrogen-bond acceptors (Lipinski definition) is 4. The molecule has 0 aliphatic carbocycles. The van der Waals surface area contributed by atoms with Crippen LogP contribution in [0.2, 0.25) is 5.15 Å². The third-order valence-electron chi connectivity index (χ3n) is 2.99. The molecule has 1 N–H and O–H groups in total. The van der Waals surface area contributed by atoms with Crippen LogP contribution in [0, 0.1) is 6.92 Å². The van der Waals surface area contributed by atoms with E-state index < -0.39 is 5.69 Å². The number of H-pyrrole nitrogens is 1. The minimum Gasteiger partial charge on any atom is -0.297 e. The van der Waals surface area contributed by atoms with Crippen LogP contribution in [-0.4, -0.2) is 14.5 Å². The first-order valence-corrected chi connectivity index (χ1v) is 7.71. The maximum Gasteiger partial charge on any atom is 0.329 e. The quantitative estimate of drug-likeness (QED) is 0.860. The number of thiazole rings is 1. The van der Waals surface area contributed by atoms with Gasteiger partial charge in [-0.15, -0.1) is 11.3 Å². The van der Waals surface area contributed by atoms with Gasteiger partial charge in [-0.1, -0.05) is 24.9 Å². The highest BCUT2D eigenvalue weighted by Gasteiger charge is 2.12. The van der Waals surface area contributed by atoms with Crippen molar-refractivity contribution in [1.29, 1.82) is 0 Å². The second kappa shape index (κ2) is 6.37. The van der Waals surface area contributed by atoms with Crippen molar-refractivity contribution in [1.82, 2.24) is 14.5 Å². The normalized spacial score (nSPS) is 10.9. The summed E-state index contributed by atoms with van der Waals surface area (Å²) in [6.45, 7) is 4.20. The van der Waals surface area contributed by atoms with Gasteiger partial charge in [-0.2, -0.15) is 0 Å². The maximum atomic E-state index is 12.3. The van der Waals surface area contributed by atoms with E-state index in [0.29, 0.717) is 24.9 Å². The first-order chi connectivity index (χ1) is 9.52. The number of aromatic amines is 1. The Bertz CT molecular complexity index is 717. The van der Waals surface area contributed by atoms with Crippen LogP contribution >= 0.6 is 22.9 Å². The lowest BCUT2D eigenvalue weighted by Gasteiger charge is -2.07. The van der Waals surface area contributed by atoms with E-state index >= 15 is 0 Å². The molecule has 7 heteroatoms. The van der Waals surface area contributed by atoms with E-state index in [1.807, 2.05) is 19.2 Å². The maximum absolute atomic E-state index is 12.3. The molecule has 2 rings (SSSR count). The summed E-state index contributed by atoms with van der Waals surface area (Å²) in [5.41, 5.74) is 0.605. The molecular formula is C13H16ClN3O2S. The van der Waals surface area contributed by atoms with Crippen molar-refractivity contribution in [2.75, 3.05) is 0 Å². The van der Waals surface area contributed by atoms with Gasteiger partial charge in [0.2, 0.25) is 0 Å². The number of aryl methyl sites for hydroxylation is 2. The van der Waals surface area contributed by atoms with Crippen molar-refractivity contribution in [2.45, 2.75) is 39.7 Å². The molecule has 20 heavy (non-hydrogen) atoms. The van der Waals surface area contributed by atoms with Crippen molar-refractivity contribution in [2.24, 2.45) is 0 Å². The number of aromatic nitrogens is 3. The first-order valence-electron chi connectivity index (χ1n) is 6.45. The van der Waals surface area contributed by atoms with Crippen LogP contribution in [-0.2, 0) is 19.4 Å². The van der Waals surface area contributed by atoms with E-state index in [0.717, 1.165) is 17.1 Å². The fourth-order valence-corrected chi connectivity index (χ4v) is 2.91. The van der Waals surface area contributed by atoms with Crippen molar-refractivity contribution >= 4 is 22.9 Å². The summed E-state index contributed by atoms with van der Waals surface area (Å²) in [4.78, 5) is 31.0. The summed E-state index contributed by atoms with van der Waals surface area (Å²) in [6.07, 6.45) is 1.91. The Balaban J connectivity index is 2.29. The van der Waals surface area contributed by atoms with Crippen molar-refractivity contribution in [3.63, 3.8) is 0 Å². The van der Waals surface area contributed by atoms with Gasteiger partial charge < -0.3 is 0 Å². The zero-order chi connectivity index (χ0) is 14.7. The van der Waals surface area contributed by atoms with E-state index in [9.17, 15) is 9.59 Å². The largest absolute Gasteiger partial charge is 0.329 e. The fraction of sp³-hybridized carbons (Fsp3) is 0.462. The van der Waals surface area contributed by atoms with Gasteiger partial charge in [0, 0.05) is 18.3 Å². The molecule has 0 aliphatic heterocycles. The van der Waals surface area contributed by atoms with E-state index in [-0.39, 0.29) is 10.7 Å². The van der Waals surface area contributed by atoms with Crippen LogP contribution in [0.4, 0.5) is 0 Å². The van der Waals surface area contributed by atoms with Gasteiger partial charge in [0.15, 0.2) is 0 Å².